The standard InChI is InChI=1S/C20H23N3O3.C2H6/c21-20(25)26-18(16-7-3-1-4-8-16)15-19(24)23-13-11-22(12-14-23)17-9-5-2-6-10-17;1-2/h1-10,18H,11-15H2,(H2,21,25);1-2H3. The number of rotatable bonds is 5. The van der Waals surface area contributed by atoms with Crippen molar-refractivity contribution in [2.45, 2.75) is 26.4 Å². The van der Waals surface area contributed by atoms with Crippen LogP contribution >= 0.6 is 0 Å². The predicted molar refractivity (Wildman–Crippen MR) is 111 cm³/mol. The summed E-state index contributed by atoms with van der Waals surface area (Å²) in [5.74, 6) is -0.0344. The number of benzene rings is 2. The topological polar surface area (TPSA) is 75.9 Å². The monoisotopic (exact) mass is 383 g/mol. The SMILES string of the molecule is CC.NC(=O)OC(CC(=O)N1CCN(c2ccccc2)CC1)c1ccccc1. The van der Waals surface area contributed by atoms with Gasteiger partial charge in [0, 0.05) is 31.9 Å². The highest BCUT2D eigenvalue weighted by Crippen LogP contribution is 2.23. The zero-order valence-electron chi connectivity index (χ0n) is 16.6. The molecule has 1 aliphatic rings. The minimum atomic E-state index is -0.874. The van der Waals surface area contributed by atoms with E-state index in [0.29, 0.717) is 13.1 Å². The molecule has 1 atom stereocenters. The molecule has 0 saturated carbocycles. The van der Waals surface area contributed by atoms with E-state index in [0.717, 1.165) is 18.7 Å². The molecule has 28 heavy (non-hydrogen) atoms. The van der Waals surface area contributed by atoms with Crippen LogP contribution < -0.4 is 10.6 Å². The Morgan fingerprint density at radius 1 is 0.929 bits per heavy atom. The van der Waals surface area contributed by atoms with Gasteiger partial charge in [-0.15, -0.1) is 0 Å². The zero-order chi connectivity index (χ0) is 20.4. The van der Waals surface area contributed by atoms with Gasteiger partial charge in [0.05, 0.1) is 6.42 Å². The van der Waals surface area contributed by atoms with Crippen molar-refractivity contribution in [2.24, 2.45) is 5.73 Å². The summed E-state index contributed by atoms with van der Waals surface area (Å²) in [6.45, 7) is 6.85. The molecule has 1 saturated heterocycles. The van der Waals surface area contributed by atoms with Gasteiger partial charge in [0.15, 0.2) is 0 Å². The largest absolute Gasteiger partial charge is 0.441 e. The van der Waals surface area contributed by atoms with Crippen LogP contribution in [0.5, 0.6) is 0 Å². The van der Waals surface area contributed by atoms with Crippen molar-refractivity contribution in [1.82, 2.24) is 4.90 Å². The van der Waals surface area contributed by atoms with Crippen molar-refractivity contribution in [2.75, 3.05) is 31.1 Å². The first kappa shape index (κ1) is 21.3. The number of nitrogens with zero attached hydrogens (tertiary/aromatic N) is 2. The zero-order valence-corrected chi connectivity index (χ0v) is 16.6. The van der Waals surface area contributed by atoms with Crippen molar-refractivity contribution in [3.8, 4) is 0 Å². The molecule has 0 radical (unpaired) electrons. The molecule has 6 nitrogen and oxygen atoms in total. The second-order valence-electron chi connectivity index (χ2n) is 6.24. The first-order chi connectivity index (χ1) is 13.6. The average molecular weight is 383 g/mol. The van der Waals surface area contributed by atoms with Crippen LogP contribution in [0, 0.1) is 0 Å². The molecule has 1 fully saturated rings. The van der Waals surface area contributed by atoms with E-state index in [1.165, 1.54) is 5.69 Å². The molecule has 2 aromatic rings. The van der Waals surface area contributed by atoms with E-state index in [1.807, 2.05) is 67.3 Å². The van der Waals surface area contributed by atoms with Gasteiger partial charge in [-0.05, 0) is 17.7 Å². The Balaban J connectivity index is 0.00000136. The van der Waals surface area contributed by atoms with E-state index in [4.69, 9.17) is 10.5 Å². The number of para-hydroxylation sites is 1. The Hall–Kier alpha value is -3.02. The fourth-order valence-electron chi connectivity index (χ4n) is 3.18. The van der Waals surface area contributed by atoms with Crippen molar-refractivity contribution in [1.29, 1.82) is 0 Å². The van der Waals surface area contributed by atoms with Crippen molar-refractivity contribution in [3.63, 3.8) is 0 Å². The van der Waals surface area contributed by atoms with Crippen LogP contribution in [0.25, 0.3) is 0 Å². The van der Waals surface area contributed by atoms with E-state index in [-0.39, 0.29) is 12.3 Å². The summed E-state index contributed by atoms with van der Waals surface area (Å²) < 4.78 is 5.17. The molecule has 1 aliphatic heterocycles. The van der Waals surface area contributed by atoms with E-state index in [9.17, 15) is 9.59 Å². The third-order valence-electron chi connectivity index (χ3n) is 4.54. The molecule has 0 aromatic heterocycles. The number of carbonyl (C=O) groups is 2. The molecule has 2 N–H and O–H groups in total. The highest BCUT2D eigenvalue weighted by Gasteiger charge is 2.26. The van der Waals surface area contributed by atoms with Gasteiger partial charge in [-0.2, -0.15) is 0 Å². The van der Waals surface area contributed by atoms with E-state index < -0.39 is 12.2 Å². The molecule has 0 bridgehead atoms. The van der Waals surface area contributed by atoms with Crippen LogP contribution in [0.1, 0.15) is 31.9 Å². The van der Waals surface area contributed by atoms with E-state index in [1.54, 1.807) is 0 Å². The Morgan fingerprint density at radius 3 is 2.00 bits per heavy atom. The molecule has 3 rings (SSSR count). The van der Waals surface area contributed by atoms with Crippen LogP contribution in [0.3, 0.4) is 0 Å². The van der Waals surface area contributed by atoms with Crippen LogP contribution in [0.2, 0.25) is 0 Å². The summed E-state index contributed by atoms with van der Waals surface area (Å²) in [6.07, 6.45) is -1.44. The quantitative estimate of drug-likeness (QED) is 0.856. The number of carbonyl (C=O) groups excluding carboxylic acids is 2. The molecular formula is C22H29N3O3. The molecule has 1 heterocycles. The maximum absolute atomic E-state index is 12.7. The van der Waals surface area contributed by atoms with Gasteiger partial charge in [0.2, 0.25) is 5.91 Å². The summed E-state index contributed by atoms with van der Waals surface area (Å²) in [6, 6.07) is 19.4. The summed E-state index contributed by atoms with van der Waals surface area (Å²) in [7, 11) is 0. The Morgan fingerprint density at radius 2 is 1.46 bits per heavy atom. The fourth-order valence-corrected chi connectivity index (χ4v) is 3.18. The Bertz CT molecular complexity index is 729. The number of ether oxygens (including phenoxy) is 1. The average Bonchev–Trinajstić information content (AvgIpc) is 2.76. The third-order valence-corrected chi connectivity index (χ3v) is 4.54. The number of nitrogens with two attached hydrogens (primary N) is 1. The van der Waals surface area contributed by atoms with Crippen LogP contribution in [-0.4, -0.2) is 43.1 Å². The van der Waals surface area contributed by atoms with Gasteiger partial charge in [0.25, 0.3) is 0 Å². The van der Waals surface area contributed by atoms with Gasteiger partial charge in [-0.3, -0.25) is 4.79 Å². The van der Waals surface area contributed by atoms with Gasteiger partial charge in [0.1, 0.15) is 6.10 Å². The lowest BCUT2D eigenvalue weighted by molar-refractivity contribution is -0.133. The van der Waals surface area contributed by atoms with Crippen molar-refractivity contribution < 1.29 is 14.3 Å². The predicted octanol–water partition coefficient (Wildman–Crippen LogP) is 3.59. The third kappa shape index (κ3) is 6.01. The summed E-state index contributed by atoms with van der Waals surface area (Å²) in [5.41, 5.74) is 7.11. The number of piperazine rings is 1. The smallest absolute Gasteiger partial charge is 0.405 e. The highest BCUT2D eigenvalue weighted by atomic mass is 16.6. The second-order valence-corrected chi connectivity index (χ2v) is 6.24. The minimum Gasteiger partial charge on any atom is -0.441 e. The van der Waals surface area contributed by atoms with Gasteiger partial charge in [-0.25, -0.2) is 4.79 Å². The molecular weight excluding hydrogens is 354 g/mol. The molecule has 6 heteroatoms. The van der Waals surface area contributed by atoms with Crippen LogP contribution in [-0.2, 0) is 9.53 Å². The molecule has 1 unspecified atom stereocenters. The van der Waals surface area contributed by atoms with Gasteiger partial charge in [-0.1, -0.05) is 62.4 Å². The molecule has 2 aromatic carbocycles. The van der Waals surface area contributed by atoms with Gasteiger partial charge < -0.3 is 20.3 Å². The van der Waals surface area contributed by atoms with E-state index in [2.05, 4.69) is 17.0 Å². The first-order valence-corrected chi connectivity index (χ1v) is 9.72. The van der Waals surface area contributed by atoms with Gasteiger partial charge >= 0.3 is 6.09 Å². The first-order valence-electron chi connectivity index (χ1n) is 9.72. The van der Waals surface area contributed by atoms with Crippen molar-refractivity contribution in [3.05, 3.63) is 66.2 Å². The molecule has 0 aliphatic carbocycles. The molecule has 2 amide bonds. The number of hydrogen-bond donors (Lipinski definition) is 1. The Labute approximate surface area is 166 Å². The number of amides is 2. The van der Waals surface area contributed by atoms with Crippen molar-refractivity contribution >= 4 is 17.7 Å². The summed E-state index contributed by atoms with van der Waals surface area (Å²) in [5, 5.41) is 0. The maximum Gasteiger partial charge on any atom is 0.405 e. The van der Waals surface area contributed by atoms with Crippen LogP contribution in [0.4, 0.5) is 10.5 Å². The lowest BCUT2D eigenvalue weighted by Gasteiger charge is -2.36. The lowest BCUT2D eigenvalue weighted by Crippen LogP contribution is -2.49. The minimum absolute atomic E-state index is 0.0344. The molecule has 0 spiro atoms. The number of hydrogen-bond acceptors (Lipinski definition) is 4. The number of anilines is 1. The Kier molecular flexibility index (Phi) is 8.34. The number of primary amides is 1. The highest BCUT2D eigenvalue weighted by molar-refractivity contribution is 5.78. The van der Waals surface area contributed by atoms with Crippen LogP contribution in [0.15, 0.2) is 60.7 Å². The second kappa shape index (κ2) is 11.0. The summed E-state index contributed by atoms with van der Waals surface area (Å²) >= 11 is 0. The lowest BCUT2D eigenvalue weighted by atomic mass is 10.1. The van der Waals surface area contributed by atoms with E-state index >= 15 is 0 Å². The molecule has 150 valence electrons. The maximum atomic E-state index is 12.7. The summed E-state index contributed by atoms with van der Waals surface area (Å²) in [4.78, 5) is 28.0. The fraction of sp³-hybridized carbons (Fsp3) is 0.364. The normalized spacial score (nSPS) is 14.5.